The van der Waals surface area contributed by atoms with Gasteiger partial charge in [-0.3, -0.25) is 14.2 Å². The summed E-state index contributed by atoms with van der Waals surface area (Å²) in [5, 5.41) is 8.92. The minimum absolute atomic E-state index is 0.193. The zero-order valence-corrected chi connectivity index (χ0v) is 30.0. The summed E-state index contributed by atoms with van der Waals surface area (Å²) in [6, 6.07) is 0. The number of amides is 2. The zero-order chi connectivity index (χ0) is 34.0. The highest BCUT2D eigenvalue weighted by atomic mass is 35.5. The van der Waals surface area contributed by atoms with E-state index in [-0.39, 0.29) is 31.4 Å². The van der Waals surface area contributed by atoms with Crippen molar-refractivity contribution in [2.24, 2.45) is 11.8 Å². The molecule has 44 heavy (non-hydrogen) atoms. The SMILES string of the molecule is C=CCCC[C@@H]1C[C@H]1C(=O)N(C)C.C=CCCC[C@H](O)CCl.C=CCCC[C@H]1CO1.CCOP(=O)(CC(=O)N(C)C)OCC. The number of aliphatic hydroxyl groups is 1. The second-order valence-electron chi connectivity index (χ2n) is 11.1. The molecule has 2 fully saturated rings. The third kappa shape index (κ3) is 25.8. The van der Waals surface area contributed by atoms with E-state index in [0.29, 0.717) is 29.7 Å². The number of carbonyl (C=O) groups is 2. The van der Waals surface area contributed by atoms with Gasteiger partial charge >= 0.3 is 7.60 Å². The molecule has 0 aromatic rings. The monoisotopic (exact) mass is 664 g/mol. The molecule has 1 N–H and O–H groups in total. The smallest absolute Gasteiger partial charge is 0.340 e. The van der Waals surface area contributed by atoms with Crippen molar-refractivity contribution in [2.45, 2.75) is 90.3 Å². The Kier molecular flexibility index (Phi) is 28.2. The fourth-order valence-electron chi connectivity index (χ4n) is 3.85. The van der Waals surface area contributed by atoms with E-state index in [2.05, 4.69) is 19.7 Å². The average molecular weight is 665 g/mol. The van der Waals surface area contributed by atoms with Crippen molar-refractivity contribution in [3.63, 3.8) is 0 Å². The quantitative estimate of drug-likeness (QED) is 0.0487. The summed E-state index contributed by atoms with van der Waals surface area (Å²) >= 11 is 5.36. The van der Waals surface area contributed by atoms with Gasteiger partial charge in [0, 0.05) is 40.0 Å². The van der Waals surface area contributed by atoms with Crippen LogP contribution in [0, 0.1) is 11.8 Å². The number of rotatable bonds is 20. The fourth-order valence-corrected chi connectivity index (χ4v) is 5.67. The molecular formula is C33H62ClN2O7P. The Morgan fingerprint density at radius 2 is 1.45 bits per heavy atom. The molecule has 9 nitrogen and oxygen atoms in total. The number of aliphatic hydroxyl groups excluding tert-OH is 1. The molecule has 2 rings (SSSR count). The van der Waals surface area contributed by atoms with Crippen molar-refractivity contribution < 1.29 is 33.0 Å². The van der Waals surface area contributed by atoms with E-state index < -0.39 is 7.60 Å². The van der Waals surface area contributed by atoms with Crippen molar-refractivity contribution in [1.29, 1.82) is 0 Å². The minimum Gasteiger partial charge on any atom is -0.392 e. The van der Waals surface area contributed by atoms with Gasteiger partial charge in [0.15, 0.2) is 0 Å². The third-order valence-corrected chi connectivity index (χ3v) is 8.92. The van der Waals surface area contributed by atoms with E-state index >= 15 is 0 Å². The Bertz CT molecular complexity index is 827. The predicted octanol–water partition coefficient (Wildman–Crippen LogP) is 7.09. The third-order valence-electron chi connectivity index (χ3n) is 6.60. The standard InChI is InChI=1S/C11H19NO.C8H18NO4P.C7H13ClO.C7H12O/c1-4-5-6-7-9-8-10(9)11(13)12(2)3;1-5-12-14(11,13-6-2)7-8(10)9(3)4;1-2-3-4-5-7(9)6-8;1-2-3-4-5-7-6-8-7/h4,9-10H,1,5-8H2,2-3H3;5-7H2,1-4H3;2,7,9H,1,3-6H2;2,7H,1,3-6H2/t9-,10-;;2*7-/m1.00/s1. The zero-order valence-electron chi connectivity index (χ0n) is 28.4. The van der Waals surface area contributed by atoms with Gasteiger partial charge in [-0.1, -0.05) is 18.2 Å². The highest BCUT2D eigenvalue weighted by Gasteiger charge is 2.42. The van der Waals surface area contributed by atoms with Crippen molar-refractivity contribution in [3.05, 3.63) is 38.0 Å². The van der Waals surface area contributed by atoms with Crippen molar-refractivity contribution in [2.75, 3.05) is 60.1 Å². The van der Waals surface area contributed by atoms with E-state index in [0.717, 1.165) is 45.1 Å². The van der Waals surface area contributed by atoms with Gasteiger partial charge in [0.1, 0.15) is 6.16 Å². The van der Waals surface area contributed by atoms with E-state index in [1.807, 2.05) is 32.3 Å². The summed E-state index contributed by atoms with van der Waals surface area (Å²) < 4.78 is 26.8. The summed E-state index contributed by atoms with van der Waals surface area (Å²) in [6.45, 7) is 15.9. The van der Waals surface area contributed by atoms with Crippen LogP contribution in [-0.2, 0) is 27.9 Å². The molecule has 1 aliphatic heterocycles. The number of nitrogens with zero attached hydrogens (tertiary/aromatic N) is 2. The average Bonchev–Trinajstić information content (AvgIpc) is 3.91. The van der Waals surface area contributed by atoms with Crippen LogP contribution < -0.4 is 0 Å². The Labute approximate surface area is 273 Å². The van der Waals surface area contributed by atoms with Crippen LogP contribution in [0.5, 0.6) is 0 Å². The second kappa shape index (κ2) is 27.8. The number of unbranched alkanes of at least 4 members (excludes halogenated alkanes) is 3. The first kappa shape index (κ1) is 44.6. The molecule has 0 bridgehead atoms. The van der Waals surface area contributed by atoms with Gasteiger partial charge in [-0.05, 0) is 84.0 Å². The van der Waals surface area contributed by atoms with Crippen molar-refractivity contribution >= 4 is 31.0 Å². The maximum atomic E-state index is 11.8. The molecule has 258 valence electrons. The minimum atomic E-state index is -3.22. The molecule has 4 atom stereocenters. The molecule has 2 aliphatic rings. The molecule has 0 spiro atoms. The van der Waals surface area contributed by atoms with Gasteiger partial charge < -0.3 is 28.7 Å². The summed E-state index contributed by atoms with van der Waals surface area (Å²) in [5.41, 5.74) is 0. The molecule has 1 saturated carbocycles. The van der Waals surface area contributed by atoms with Crippen LogP contribution >= 0.6 is 19.2 Å². The van der Waals surface area contributed by atoms with Gasteiger partial charge in [-0.15, -0.1) is 31.3 Å². The lowest BCUT2D eigenvalue weighted by Crippen LogP contribution is -2.25. The number of hydrogen-bond acceptors (Lipinski definition) is 7. The highest BCUT2D eigenvalue weighted by Crippen LogP contribution is 2.47. The molecule has 0 aromatic carbocycles. The van der Waals surface area contributed by atoms with Gasteiger partial charge in [-0.2, -0.15) is 0 Å². The van der Waals surface area contributed by atoms with Gasteiger partial charge in [0.2, 0.25) is 11.8 Å². The number of epoxide rings is 1. The lowest BCUT2D eigenvalue weighted by molar-refractivity contribution is -0.130. The Morgan fingerprint density at radius 1 is 0.955 bits per heavy atom. The summed E-state index contributed by atoms with van der Waals surface area (Å²) in [5.74, 6) is 1.39. The Morgan fingerprint density at radius 3 is 1.86 bits per heavy atom. The summed E-state index contributed by atoms with van der Waals surface area (Å²) in [6.07, 6.45) is 16.8. The summed E-state index contributed by atoms with van der Waals surface area (Å²) in [7, 11) is 3.65. The van der Waals surface area contributed by atoms with Crippen molar-refractivity contribution in [3.8, 4) is 0 Å². The van der Waals surface area contributed by atoms with Crippen LogP contribution in [0.1, 0.15) is 78.1 Å². The van der Waals surface area contributed by atoms with Crippen LogP contribution in [-0.4, -0.2) is 99.0 Å². The number of hydrogen-bond donors (Lipinski definition) is 1. The van der Waals surface area contributed by atoms with Gasteiger partial charge in [0.25, 0.3) is 0 Å². The Balaban J connectivity index is 0. The maximum absolute atomic E-state index is 11.8. The molecule has 0 unspecified atom stereocenters. The van der Waals surface area contributed by atoms with Crippen LogP contribution in [0.25, 0.3) is 0 Å². The molecule has 1 aliphatic carbocycles. The van der Waals surface area contributed by atoms with E-state index in [9.17, 15) is 14.2 Å². The molecule has 1 heterocycles. The molecule has 1 saturated heterocycles. The highest BCUT2D eigenvalue weighted by molar-refractivity contribution is 7.54. The normalized spacial score (nSPS) is 18.4. The van der Waals surface area contributed by atoms with E-state index in [1.165, 1.54) is 30.6 Å². The van der Waals surface area contributed by atoms with Gasteiger partial charge in [-0.25, -0.2) is 0 Å². The fraction of sp³-hybridized carbons (Fsp3) is 0.758. The number of carbonyl (C=O) groups excluding carboxylic acids is 2. The van der Waals surface area contributed by atoms with E-state index in [1.54, 1.807) is 32.8 Å². The molecule has 2 amide bonds. The number of ether oxygens (including phenoxy) is 1. The number of halogens is 1. The van der Waals surface area contributed by atoms with Crippen molar-refractivity contribution in [1.82, 2.24) is 9.80 Å². The Hall–Kier alpha value is -1.48. The van der Waals surface area contributed by atoms with Crippen LogP contribution in [0.4, 0.5) is 0 Å². The first-order valence-electron chi connectivity index (χ1n) is 15.8. The second-order valence-corrected chi connectivity index (χ2v) is 13.5. The first-order valence-corrected chi connectivity index (χ1v) is 18.1. The number of alkyl halides is 1. The van der Waals surface area contributed by atoms with Crippen LogP contribution in [0.3, 0.4) is 0 Å². The summed E-state index contributed by atoms with van der Waals surface area (Å²) in [4.78, 5) is 25.8. The first-order chi connectivity index (χ1) is 20.9. The number of allylic oxidation sites excluding steroid dienone is 3. The van der Waals surface area contributed by atoms with Gasteiger partial charge in [0.05, 0.1) is 32.0 Å². The molecule has 11 heteroatoms. The lowest BCUT2D eigenvalue weighted by atomic mass is 10.1. The maximum Gasteiger partial charge on any atom is 0.340 e. The molecular weight excluding hydrogens is 603 g/mol. The molecule has 0 radical (unpaired) electrons. The van der Waals surface area contributed by atoms with Crippen LogP contribution in [0.2, 0.25) is 0 Å². The van der Waals surface area contributed by atoms with E-state index in [4.69, 9.17) is 30.5 Å². The topological polar surface area (TPSA) is 109 Å². The predicted molar refractivity (Wildman–Crippen MR) is 183 cm³/mol. The lowest BCUT2D eigenvalue weighted by Gasteiger charge is -2.18. The van der Waals surface area contributed by atoms with Crippen LogP contribution in [0.15, 0.2) is 38.0 Å². The molecule has 0 aromatic heterocycles. The largest absolute Gasteiger partial charge is 0.392 e.